The van der Waals surface area contributed by atoms with Crippen molar-refractivity contribution in [3.63, 3.8) is 0 Å². The number of hydrogen-bond acceptors (Lipinski definition) is 4. The number of halogens is 1. The number of amides is 1. The highest BCUT2D eigenvalue weighted by Crippen LogP contribution is 2.27. The molecule has 0 aliphatic carbocycles. The third kappa shape index (κ3) is 4.40. The number of carbonyl (C=O) groups excluding carboxylic acids is 1. The molecular weight excluding hydrogens is 270 g/mol. The number of hydrogen-bond donors (Lipinski definition) is 2. The van der Waals surface area contributed by atoms with Crippen LogP contribution in [-0.4, -0.2) is 23.4 Å². The average molecular weight is 286 g/mol. The van der Waals surface area contributed by atoms with Crippen LogP contribution in [0.25, 0.3) is 0 Å². The molecule has 0 saturated heterocycles. The van der Waals surface area contributed by atoms with Crippen LogP contribution in [0.5, 0.6) is 0 Å². The van der Waals surface area contributed by atoms with Crippen molar-refractivity contribution in [2.24, 2.45) is 0 Å². The largest absolute Gasteiger partial charge is 0.373 e. The number of nitro benzene ring substituents is 1. The highest BCUT2D eigenvalue weighted by Gasteiger charge is 2.15. The number of nitro groups is 1. The number of nitrogens with zero attached hydrogens (tertiary/aromatic N) is 1. The molecule has 1 aromatic carbocycles. The van der Waals surface area contributed by atoms with Gasteiger partial charge in [0, 0.05) is 18.7 Å². The molecule has 0 radical (unpaired) electrons. The third-order valence-electron chi connectivity index (χ3n) is 2.48. The van der Waals surface area contributed by atoms with Gasteiger partial charge in [-0.3, -0.25) is 14.9 Å². The molecule has 0 aliphatic heterocycles. The van der Waals surface area contributed by atoms with Gasteiger partial charge in [-0.1, -0.05) is 18.5 Å². The summed E-state index contributed by atoms with van der Waals surface area (Å²) in [6.45, 7) is 4.27. The van der Waals surface area contributed by atoms with E-state index in [1.807, 2.05) is 6.92 Å². The Kier molecular flexibility index (Phi) is 5.57. The van der Waals surface area contributed by atoms with E-state index >= 15 is 0 Å². The molecule has 7 heteroatoms. The van der Waals surface area contributed by atoms with Crippen molar-refractivity contribution in [3.05, 3.63) is 33.3 Å². The first kappa shape index (κ1) is 15.2. The summed E-state index contributed by atoms with van der Waals surface area (Å²) in [5, 5.41) is 16.5. The Morgan fingerprint density at radius 2 is 2.21 bits per heavy atom. The zero-order chi connectivity index (χ0) is 14.4. The van der Waals surface area contributed by atoms with E-state index in [9.17, 15) is 14.9 Å². The predicted octanol–water partition coefficient (Wildman–Crippen LogP) is 2.57. The van der Waals surface area contributed by atoms with Gasteiger partial charge in [0.15, 0.2) is 0 Å². The molecule has 1 unspecified atom stereocenters. The summed E-state index contributed by atoms with van der Waals surface area (Å²) in [4.78, 5) is 21.7. The van der Waals surface area contributed by atoms with E-state index in [-0.39, 0.29) is 16.6 Å². The maximum atomic E-state index is 11.7. The SMILES string of the molecule is CCCNC(=O)C(C)Nc1ccc([N+](=O)[O-])cc1Cl. The first-order valence-corrected chi connectivity index (χ1v) is 6.31. The lowest BCUT2D eigenvalue weighted by Gasteiger charge is -2.15. The van der Waals surface area contributed by atoms with Crippen LogP contribution in [0.1, 0.15) is 20.3 Å². The minimum Gasteiger partial charge on any atom is -0.373 e. The summed E-state index contributed by atoms with van der Waals surface area (Å²) in [7, 11) is 0. The molecule has 1 rings (SSSR count). The molecule has 0 aromatic heterocycles. The maximum absolute atomic E-state index is 11.7. The molecule has 2 N–H and O–H groups in total. The van der Waals surface area contributed by atoms with Gasteiger partial charge in [0.2, 0.25) is 5.91 Å². The van der Waals surface area contributed by atoms with Gasteiger partial charge in [0.1, 0.15) is 6.04 Å². The molecule has 0 bridgehead atoms. The van der Waals surface area contributed by atoms with Crippen molar-refractivity contribution in [1.82, 2.24) is 5.32 Å². The Bertz CT molecular complexity index is 479. The molecule has 1 amide bonds. The van der Waals surface area contributed by atoms with Crippen molar-refractivity contribution >= 4 is 28.9 Å². The van der Waals surface area contributed by atoms with Crippen molar-refractivity contribution in [1.29, 1.82) is 0 Å². The second-order valence-corrected chi connectivity index (χ2v) is 4.49. The molecule has 0 heterocycles. The van der Waals surface area contributed by atoms with Gasteiger partial charge in [-0.15, -0.1) is 0 Å². The second-order valence-electron chi connectivity index (χ2n) is 4.08. The molecular formula is C12H16ClN3O3. The van der Waals surface area contributed by atoms with E-state index in [0.29, 0.717) is 12.2 Å². The Labute approximate surface area is 116 Å². The normalized spacial score (nSPS) is 11.7. The smallest absolute Gasteiger partial charge is 0.271 e. The first-order valence-electron chi connectivity index (χ1n) is 5.94. The van der Waals surface area contributed by atoms with Crippen LogP contribution in [0.15, 0.2) is 18.2 Å². The third-order valence-corrected chi connectivity index (χ3v) is 2.79. The van der Waals surface area contributed by atoms with Gasteiger partial charge in [-0.05, 0) is 19.4 Å². The second kappa shape index (κ2) is 6.94. The van der Waals surface area contributed by atoms with Gasteiger partial charge in [0.05, 0.1) is 15.6 Å². The molecule has 1 atom stereocenters. The quantitative estimate of drug-likeness (QED) is 0.621. The topological polar surface area (TPSA) is 84.3 Å². The van der Waals surface area contributed by atoms with E-state index in [4.69, 9.17) is 11.6 Å². The van der Waals surface area contributed by atoms with Crippen molar-refractivity contribution < 1.29 is 9.72 Å². The summed E-state index contributed by atoms with van der Waals surface area (Å²) >= 11 is 5.93. The molecule has 0 aliphatic rings. The minimum absolute atomic E-state index is 0.0846. The van der Waals surface area contributed by atoms with Crippen LogP contribution in [-0.2, 0) is 4.79 Å². The van der Waals surface area contributed by atoms with E-state index in [2.05, 4.69) is 10.6 Å². The van der Waals surface area contributed by atoms with Crippen LogP contribution in [0, 0.1) is 10.1 Å². The zero-order valence-electron chi connectivity index (χ0n) is 10.8. The highest BCUT2D eigenvalue weighted by molar-refractivity contribution is 6.33. The molecule has 1 aromatic rings. The number of carbonyl (C=O) groups is 1. The van der Waals surface area contributed by atoms with Gasteiger partial charge < -0.3 is 10.6 Å². The number of nitrogens with one attached hydrogen (secondary N) is 2. The van der Waals surface area contributed by atoms with E-state index in [1.54, 1.807) is 6.92 Å². The summed E-state index contributed by atoms with van der Waals surface area (Å²) in [6.07, 6.45) is 0.858. The fourth-order valence-corrected chi connectivity index (χ4v) is 1.66. The lowest BCUT2D eigenvalue weighted by atomic mass is 10.2. The van der Waals surface area contributed by atoms with E-state index < -0.39 is 11.0 Å². The molecule has 6 nitrogen and oxygen atoms in total. The molecule has 104 valence electrons. The number of rotatable bonds is 6. The summed E-state index contributed by atoms with van der Waals surface area (Å²) in [5.41, 5.74) is 0.407. The maximum Gasteiger partial charge on any atom is 0.271 e. The molecule has 19 heavy (non-hydrogen) atoms. The molecule has 0 spiro atoms. The van der Waals surface area contributed by atoms with Crippen LogP contribution in [0.3, 0.4) is 0 Å². The standard InChI is InChI=1S/C12H16ClN3O3/c1-3-6-14-12(17)8(2)15-11-5-4-9(16(18)19)7-10(11)13/h4-5,7-8,15H,3,6H2,1-2H3,(H,14,17). The summed E-state index contributed by atoms with van der Waals surface area (Å²) in [5.74, 6) is -0.142. The monoisotopic (exact) mass is 285 g/mol. The molecule has 0 fully saturated rings. The Hall–Kier alpha value is -1.82. The zero-order valence-corrected chi connectivity index (χ0v) is 11.5. The lowest BCUT2D eigenvalue weighted by molar-refractivity contribution is -0.384. The van der Waals surface area contributed by atoms with Crippen LogP contribution >= 0.6 is 11.6 Å². The van der Waals surface area contributed by atoms with Crippen LogP contribution in [0.2, 0.25) is 5.02 Å². The van der Waals surface area contributed by atoms with Gasteiger partial charge >= 0.3 is 0 Å². The van der Waals surface area contributed by atoms with Gasteiger partial charge in [0.25, 0.3) is 5.69 Å². The Balaban J connectivity index is 2.71. The van der Waals surface area contributed by atoms with Crippen molar-refractivity contribution in [2.45, 2.75) is 26.3 Å². The number of non-ortho nitro benzene ring substituents is 1. The van der Waals surface area contributed by atoms with Crippen LogP contribution < -0.4 is 10.6 Å². The summed E-state index contributed by atoms with van der Waals surface area (Å²) in [6, 6.07) is 3.61. The Morgan fingerprint density at radius 1 is 1.53 bits per heavy atom. The van der Waals surface area contributed by atoms with Gasteiger partial charge in [-0.25, -0.2) is 0 Å². The minimum atomic E-state index is -0.521. The Morgan fingerprint density at radius 3 is 2.74 bits per heavy atom. The van der Waals surface area contributed by atoms with Crippen LogP contribution in [0.4, 0.5) is 11.4 Å². The number of benzene rings is 1. The van der Waals surface area contributed by atoms with Crippen molar-refractivity contribution in [2.75, 3.05) is 11.9 Å². The highest BCUT2D eigenvalue weighted by atomic mass is 35.5. The van der Waals surface area contributed by atoms with E-state index in [1.165, 1.54) is 18.2 Å². The first-order chi connectivity index (χ1) is 8.95. The number of anilines is 1. The van der Waals surface area contributed by atoms with Crippen molar-refractivity contribution in [3.8, 4) is 0 Å². The predicted molar refractivity (Wildman–Crippen MR) is 74.5 cm³/mol. The van der Waals surface area contributed by atoms with E-state index in [0.717, 1.165) is 6.42 Å². The van der Waals surface area contributed by atoms with Gasteiger partial charge in [-0.2, -0.15) is 0 Å². The molecule has 0 saturated carbocycles. The fraction of sp³-hybridized carbons (Fsp3) is 0.417. The summed E-state index contributed by atoms with van der Waals surface area (Å²) < 4.78 is 0. The lowest BCUT2D eigenvalue weighted by Crippen LogP contribution is -2.37. The average Bonchev–Trinajstić information content (AvgIpc) is 2.37. The fourth-order valence-electron chi connectivity index (χ4n) is 1.43.